The molecule has 0 aliphatic heterocycles. The lowest BCUT2D eigenvalue weighted by Gasteiger charge is -1.98. The number of hydrogen-bond acceptors (Lipinski definition) is 6. The predicted molar refractivity (Wildman–Crippen MR) is 104 cm³/mol. The lowest BCUT2D eigenvalue weighted by Crippen LogP contribution is -2.06. The Morgan fingerprint density at radius 3 is 2.93 bits per heavy atom. The van der Waals surface area contributed by atoms with Crippen LogP contribution >= 0.6 is 34.5 Å². The van der Waals surface area contributed by atoms with Crippen LogP contribution in [0.5, 0.6) is 0 Å². The molecule has 6 nitrogen and oxygen atoms in total. The van der Waals surface area contributed by atoms with Crippen LogP contribution in [0.4, 0.5) is 0 Å². The molecule has 0 radical (unpaired) electrons. The number of esters is 1. The summed E-state index contributed by atoms with van der Waals surface area (Å²) in [5, 5.41) is 1.60. The van der Waals surface area contributed by atoms with E-state index in [2.05, 4.69) is 4.98 Å². The number of aromatic nitrogens is 2. The first-order chi connectivity index (χ1) is 13.0. The number of ether oxygens (including phenoxy) is 1. The fourth-order valence-corrected chi connectivity index (χ4v) is 4.35. The van der Waals surface area contributed by atoms with Gasteiger partial charge in [0, 0.05) is 21.5 Å². The number of nitrogens with zero attached hydrogens (tertiary/aromatic N) is 2. The highest BCUT2D eigenvalue weighted by molar-refractivity contribution is 7.17. The summed E-state index contributed by atoms with van der Waals surface area (Å²) in [7, 11) is 0. The number of thiazole rings is 1. The minimum absolute atomic E-state index is 0.133. The van der Waals surface area contributed by atoms with E-state index in [0.717, 1.165) is 10.3 Å². The number of aldehydes is 1. The van der Waals surface area contributed by atoms with Gasteiger partial charge in [-0.15, -0.1) is 11.3 Å². The van der Waals surface area contributed by atoms with Gasteiger partial charge in [0.2, 0.25) is 0 Å². The van der Waals surface area contributed by atoms with Crippen LogP contribution in [0.25, 0.3) is 27.4 Å². The summed E-state index contributed by atoms with van der Waals surface area (Å²) < 4.78 is 12.4. The van der Waals surface area contributed by atoms with Crippen molar-refractivity contribution in [2.24, 2.45) is 0 Å². The number of furan rings is 1. The Balaban J connectivity index is 1.78. The number of hydrogen-bond donors (Lipinski definition) is 0. The molecule has 138 valence electrons. The van der Waals surface area contributed by atoms with Crippen LogP contribution in [0.3, 0.4) is 0 Å². The van der Waals surface area contributed by atoms with Crippen LogP contribution in [-0.4, -0.2) is 28.2 Å². The van der Waals surface area contributed by atoms with Gasteiger partial charge in [-0.1, -0.05) is 23.2 Å². The highest BCUT2D eigenvalue weighted by atomic mass is 35.5. The van der Waals surface area contributed by atoms with Gasteiger partial charge < -0.3 is 9.15 Å². The van der Waals surface area contributed by atoms with Crippen molar-refractivity contribution in [2.45, 2.75) is 13.3 Å². The zero-order valence-electron chi connectivity index (χ0n) is 14.0. The molecule has 0 atom stereocenters. The normalized spacial score (nSPS) is 11.4. The van der Waals surface area contributed by atoms with E-state index >= 15 is 0 Å². The molecule has 3 aromatic heterocycles. The van der Waals surface area contributed by atoms with Crippen LogP contribution in [0, 0.1) is 0 Å². The van der Waals surface area contributed by atoms with Gasteiger partial charge in [-0.2, -0.15) is 0 Å². The van der Waals surface area contributed by atoms with Crippen molar-refractivity contribution in [1.29, 1.82) is 0 Å². The molecule has 3 heterocycles. The number of imidazole rings is 1. The summed E-state index contributed by atoms with van der Waals surface area (Å²) in [6, 6.07) is 5.06. The van der Waals surface area contributed by atoms with E-state index in [1.807, 2.05) is 0 Å². The van der Waals surface area contributed by atoms with Crippen molar-refractivity contribution in [2.75, 3.05) is 6.61 Å². The summed E-state index contributed by atoms with van der Waals surface area (Å²) in [6.45, 7) is 2.08. The average molecular weight is 423 g/mol. The Labute approximate surface area is 167 Å². The zero-order chi connectivity index (χ0) is 19.1. The number of rotatable bonds is 5. The molecule has 0 N–H and O–H groups in total. The first-order valence-electron chi connectivity index (χ1n) is 8.00. The van der Waals surface area contributed by atoms with Gasteiger partial charge in [0.05, 0.1) is 18.1 Å². The van der Waals surface area contributed by atoms with E-state index < -0.39 is 0 Å². The maximum absolute atomic E-state index is 11.7. The second kappa shape index (κ2) is 6.99. The van der Waals surface area contributed by atoms with Gasteiger partial charge in [0.25, 0.3) is 0 Å². The molecule has 4 aromatic rings. The molecule has 0 aliphatic carbocycles. The van der Waals surface area contributed by atoms with Crippen LogP contribution in [0.15, 0.2) is 28.8 Å². The fraction of sp³-hybridized carbons (Fsp3) is 0.167. The molecule has 9 heteroatoms. The molecular weight excluding hydrogens is 411 g/mol. The Morgan fingerprint density at radius 2 is 2.19 bits per heavy atom. The lowest BCUT2D eigenvalue weighted by atomic mass is 10.2. The Kier molecular flexibility index (Phi) is 4.67. The topological polar surface area (TPSA) is 73.8 Å². The number of benzene rings is 1. The molecule has 1 aromatic carbocycles. The second-order valence-electron chi connectivity index (χ2n) is 5.71. The summed E-state index contributed by atoms with van der Waals surface area (Å²) in [5.41, 5.74) is 1.22. The third-order valence-electron chi connectivity index (χ3n) is 3.92. The fourth-order valence-electron chi connectivity index (χ4n) is 2.83. The van der Waals surface area contributed by atoms with E-state index in [1.165, 1.54) is 11.3 Å². The molecule has 0 fully saturated rings. The smallest absolute Gasteiger partial charge is 0.311 e. The van der Waals surface area contributed by atoms with E-state index in [-0.39, 0.29) is 12.4 Å². The first-order valence-corrected chi connectivity index (χ1v) is 9.58. The molecule has 0 amide bonds. The second-order valence-corrected chi connectivity index (χ2v) is 7.65. The van der Waals surface area contributed by atoms with E-state index in [1.54, 1.807) is 35.7 Å². The van der Waals surface area contributed by atoms with Crippen molar-refractivity contribution >= 4 is 62.7 Å². The Hall–Kier alpha value is -2.35. The van der Waals surface area contributed by atoms with Crippen LogP contribution < -0.4 is 0 Å². The molecule has 0 unspecified atom stereocenters. The summed E-state index contributed by atoms with van der Waals surface area (Å²) in [5.74, 6) is 0.0952. The standard InChI is InChI=1S/C18H12Cl2N2O4S/c1-2-25-15(24)6-11-7-22-13(8-23)16(21-18(22)27-11)14-4-9-3-10(19)5-12(20)17(9)26-14/h3-5,7-8H,2,6H2,1H3. The van der Waals surface area contributed by atoms with Gasteiger partial charge in [0.15, 0.2) is 22.6 Å². The third-order valence-corrected chi connectivity index (χ3v) is 5.40. The molecule has 27 heavy (non-hydrogen) atoms. The van der Waals surface area contributed by atoms with Crippen LogP contribution in [-0.2, 0) is 16.0 Å². The predicted octanol–water partition coefficient (Wildman–Crippen LogP) is 5.03. The van der Waals surface area contributed by atoms with Crippen molar-refractivity contribution < 1.29 is 18.7 Å². The monoisotopic (exact) mass is 422 g/mol. The Morgan fingerprint density at radius 1 is 1.37 bits per heavy atom. The SMILES string of the molecule is CCOC(=O)Cc1cn2c(C=O)c(-c3cc4cc(Cl)cc(Cl)c4o3)nc2s1. The van der Waals surface area contributed by atoms with Crippen LogP contribution in [0.2, 0.25) is 10.0 Å². The highest BCUT2D eigenvalue weighted by Crippen LogP contribution is 2.36. The summed E-state index contributed by atoms with van der Waals surface area (Å²) >= 11 is 13.5. The number of fused-ring (bicyclic) bond motifs is 2. The van der Waals surface area contributed by atoms with E-state index in [4.69, 9.17) is 32.4 Å². The van der Waals surface area contributed by atoms with E-state index in [9.17, 15) is 9.59 Å². The molecule has 0 aliphatic rings. The molecule has 4 rings (SSSR count). The maximum Gasteiger partial charge on any atom is 0.311 e. The molecule has 0 bridgehead atoms. The lowest BCUT2D eigenvalue weighted by molar-refractivity contribution is -0.142. The number of carbonyl (C=O) groups excluding carboxylic acids is 2. The van der Waals surface area contributed by atoms with Gasteiger partial charge in [-0.25, -0.2) is 4.98 Å². The zero-order valence-corrected chi connectivity index (χ0v) is 16.3. The minimum atomic E-state index is -0.321. The largest absolute Gasteiger partial charge is 0.466 e. The van der Waals surface area contributed by atoms with Gasteiger partial charge in [-0.05, 0) is 25.1 Å². The highest BCUT2D eigenvalue weighted by Gasteiger charge is 2.21. The molecule has 0 spiro atoms. The van der Waals surface area contributed by atoms with Gasteiger partial charge in [0.1, 0.15) is 11.4 Å². The van der Waals surface area contributed by atoms with Gasteiger partial charge >= 0.3 is 5.97 Å². The molecule has 0 saturated heterocycles. The van der Waals surface area contributed by atoms with Crippen molar-refractivity contribution in [3.63, 3.8) is 0 Å². The van der Waals surface area contributed by atoms with Crippen molar-refractivity contribution in [3.8, 4) is 11.5 Å². The van der Waals surface area contributed by atoms with Crippen molar-refractivity contribution in [1.82, 2.24) is 9.38 Å². The maximum atomic E-state index is 11.7. The van der Waals surface area contributed by atoms with Crippen molar-refractivity contribution in [3.05, 3.63) is 45.0 Å². The molecular formula is C18H12Cl2N2O4S. The minimum Gasteiger partial charge on any atom is -0.466 e. The third kappa shape index (κ3) is 3.22. The molecule has 0 saturated carbocycles. The average Bonchev–Trinajstić information content (AvgIpc) is 3.26. The summed E-state index contributed by atoms with van der Waals surface area (Å²) in [4.78, 5) is 29.2. The van der Waals surface area contributed by atoms with Gasteiger partial charge in [-0.3, -0.25) is 14.0 Å². The first kappa shape index (κ1) is 18.0. The van der Waals surface area contributed by atoms with E-state index in [0.29, 0.717) is 50.6 Å². The Bertz CT molecular complexity index is 1190. The number of halogens is 2. The van der Waals surface area contributed by atoms with Crippen LogP contribution in [0.1, 0.15) is 22.3 Å². The summed E-state index contributed by atoms with van der Waals surface area (Å²) in [6.07, 6.45) is 2.55. The quantitative estimate of drug-likeness (QED) is 0.332. The number of carbonyl (C=O) groups is 2.